The standard InChI is InChI=1S/C27H30N2O2S/c1-16-12-20-21(27(4,5)11-10-26(20,2)3)15-18(16)19-13-17(8-9-22(19)29(6)7)14-23-24(30)28-25(31)32-23/h8-15H,1-7H3,(H,28,30,31). The number of thioether (sulfide) groups is 1. The number of carbonyl (C=O) groups excluding carboxylic acids is 2. The highest BCUT2D eigenvalue weighted by atomic mass is 32.2. The minimum atomic E-state index is -0.334. The molecule has 1 heterocycles. The fraction of sp³-hybridized carbons (Fsp3) is 0.333. The molecular formula is C27H30N2O2S. The van der Waals surface area contributed by atoms with E-state index in [4.69, 9.17) is 0 Å². The van der Waals surface area contributed by atoms with Crippen LogP contribution in [0.4, 0.5) is 10.5 Å². The highest BCUT2D eigenvalue weighted by Gasteiger charge is 2.33. The Kier molecular flexibility index (Phi) is 5.36. The summed E-state index contributed by atoms with van der Waals surface area (Å²) in [5.41, 5.74) is 8.18. The second-order valence-electron chi connectivity index (χ2n) is 10.0. The Morgan fingerprint density at radius 2 is 1.53 bits per heavy atom. The highest BCUT2D eigenvalue weighted by Crippen LogP contribution is 2.45. The number of aryl methyl sites for hydroxylation is 1. The summed E-state index contributed by atoms with van der Waals surface area (Å²) in [5, 5.41) is 2.00. The lowest BCUT2D eigenvalue weighted by Crippen LogP contribution is -2.29. The Balaban J connectivity index is 1.91. The van der Waals surface area contributed by atoms with Crippen molar-refractivity contribution in [2.75, 3.05) is 19.0 Å². The molecule has 0 radical (unpaired) electrons. The number of imide groups is 1. The zero-order chi connectivity index (χ0) is 23.4. The largest absolute Gasteiger partial charge is 0.377 e. The molecule has 4 rings (SSSR count). The van der Waals surface area contributed by atoms with Crippen LogP contribution in [0.2, 0.25) is 0 Å². The maximum atomic E-state index is 12.0. The van der Waals surface area contributed by atoms with E-state index in [1.807, 2.05) is 20.2 Å². The summed E-state index contributed by atoms with van der Waals surface area (Å²) in [6, 6.07) is 10.9. The van der Waals surface area contributed by atoms with Crippen molar-refractivity contribution in [2.24, 2.45) is 0 Å². The monoisotopic (exact) mass is 446 g/mol. The van der Waals surface area contributed by atoms with Gasteiger partial charge in [-0.2, -0.15) is 0 Å². The minimum Gasteiger partial charge on any atom is -0.377 e. The first-order valence-electron chi connectivity index (χ1n) is 10.8. The van der Waals surface area contributed by atoms with Crippen molar-refractivity contribution < 1.29 is 9.59 Å². The molecule has 1 fully saturated rings. The summed E-state index contributed by atoms with van der Waals surface area (Å²) in [5.74, 6) is -0.334. The number of hydrogen-bond acceptors (Lipinski definition) is 4. The Morgan fingerprint density at radius 3 is 2.09 bits per heavy atom. The molecule has 0 bridgehead atoms. The molecule has 166 valence electrons. The number of benzene rings is 2. The van der Waals surface area contributed by atoms with Crippen LogP contribution in [0.25, 0.3) is 17.2 Å². The topological polar surface area (TPSA) is 49.4 Å². The first-order valence-corrected chi connectivity index (χ1v) is 11.6. The van der Waals surface area contributed by atoms with Crippen LogP contribution in [0, 0.1) is 6.92 Å². The van der Waals surface area contributed by atoms with E-state index in [1.54, 1.807) is 6.08 Å². The zero-order valence-corrected chi connectivity index (χ0v) is 20.6. The number of amides is 2. The molecule has 1 aliphatic carbocycles. The first kappa shape index (κ1) is 22.4. The number of carbonyl (C=O) groups is 2. The summed E-state index contributed by atoms with van der Waals surface area (Å²) in [7, 11) is 4.08. The summed E-state index contributed by atoms with van der Waals surface area (Å²) in [4.78, 5) is 26.1. The smallest absolute Gasteiger partial charge is 0.290 e. The van der Waals surface area contributed by atoms with Gasteiger partial charge in [0.1, 0.15) is 0 Å². The van der Waals surface area contributed by atoms with Crippen molar-refractivity contribution in [1.82, 2.24) is 5.32 Å². The van der Waals surface area contributed by atoms with E-state index in [-0.39, 0.29) is 22.0 Å². The van der Waals surface area contributed by atoms with Gasteiger partial charge in [-0.15, -0.1) is 0 Å². The predicted molar refractivity (Wildman–Crippen MR) is 135 cm³/mol. The molecule has 1 N–H and O–H groups in total. The van der Waals surface area contributed by atoms with Gasteiger partial charge in [-0.05, 0) is 70.8 Å². The second-order valence-corrected chi connectivity index (χ2v) is 11.0. The van der Waals surface area contributed by atoms with E-state index in [9.17, 15) is 9.59 Å². The van der Waals surface area contributed by atoms with Gasteiger partial charge < -0.3 is 4.90 Å². The van der Waals surface area contributed by atoms with Crippen LogP contribution < -0.4 is 10.2 Å². The SMILES string of the molecule is Cc1cc2c(cc1-c1cc(C=C3SC(=O)NC3=O)ccc1N(C)C)C(C)(C)C=CC2(C)C. The van der Waals surface area contributed by atoms with E-state index in [2.05, 4.69) is 81.3 Å². The molecule has 5 heteroatoms. The van der Waals surface area contributed by atoms with E-state index < -0.39 is 0 Å². The number of allylic oxidation sites excluding steroid dienone is 2. The Labute approximate surface area is 194 Å². The summed E-state index contributed by atoms with van der Waals surface area (Å²) >= 11 is 0.945. The molecule has 0 unspecified atom stereocenters. The van der Waals surface area contributed by atoms with Crippen molar-refractivity contribution in [2.45, 2.75) is 45.4 Å². The average Bonchev–Trinajstić information content (AvgIpc) is 3.02. The molecule has 0 atom stereocenters. The third kappa shape index (κ3) is 3.90. The third-order valence-corrected chi connectivity index (χ3v) is 7.21. The highest BCUT2D eigenvalue weighted by molar-refractivity contribution is 8.18. The number of nitrogens with zero attached hydrogens (tertiary/aromatic N) is 1. The van der Waals surface area contributed by atoms with Crippen molar-refractivity contribution in [3.63, 3.8) is 0 Å². The van der Waals surface area contributed by atoms with Gasteiger partial charge in [0.15, 0.2) is 0 Å². The molecule has 2 aliphatic rings. The van der Waals surface area contributed by atoms with Gasteiger partial charge in [-0.25, -0.2) is 0 Å². The number of hydrogen-bond donors (Lipinski definition) is 1. The molecule has 2 aromatic carbocycles. The van der Waals surface area contributed by atoms with E-state index in [1.165, 1.54) is 22.3 Å². The van der Waals surface area contributed by atoms with Gasteiger partial charge in [0.2, 0.25) is 0 Å². The molecule has 0 aromatic heterocycles. The van der Waals surface area contributed by atoms with E-state index in [0.717, 1.165) is 28.6 Å². The van der Waals surface area contributed by atoms with Crippen molar-refractivity contribution in [1.29, 1.82) is 0 Å². The zero-order valence-electron chi connectivity index (χ0n) is 19.8. The fourth-order valence-electron chi connectivity index (χ4n) is 4.48. The van der Waals surface area contributed by atoms with E-state index in [0.29, 0.717) is 4.91 Å². The summed E-state index contributed by atoms with van der Waals surface area (Å²) in [6.45, 7) is 11.2. The van der Waals surface area contributed by atoms with Crippen LogP contribution in [-0.2, 0) is 15.6 Å². The predicted octanol–water partition coefficient (Wildman–Crippen LogP) is 6.18. The van der Waals surface area contributed by atoms with E-state index >= 15 is 0 Å². The number of fused-ring (bicyclic) bond motifs is 1. The number of nitrogens with one attached hydrogen (secondary N) is 1. The maximum Gasteiger partial charge on any atom is 0.290 e. The minimum absolute atomic E-state index is 0.00954. The van der Waals surface area contributed by atoms with Crippen LogP contribution >= 0.6 is 11.8 Å². The Morgan fingerprint density at radius 1 is 0.906 bits per heavy atom. The van der Waals surface area contributed by atoms with Crippen LogP contribution in [0.15, 0.2) is 47.4 Å². The average molecular weight is 447 g/mol. The molecule has 1 saturated heterocycles. The Hall–Kier alpha value is -2.79. The van der Waals surface area contributed by atoms with Gasteiger partial charge in [-0.3, -0.25) is 14.9 Å². The van der Waals surface area contributed by atoms with Gasteiger partial charge in [0.25, 0.3) is 11.1 Å². The summed E-state index contributed by atoms with van der Waals surface area (Å²) in [6.07, 6.45) is 6.42. The normalized spacial score (nSPS) is 19.8. The maximum absolute atomic E-state index is 12.0. The third-order valence-electron chi connectivity index (χ3n) is 6.40. The van der Waals surface area contributed by atoms with Crippen LogP contribution in [0.3, 0.4) is 0 Å². The number of rotatable bonds is 3. The van der Waals surface area contributed by atoms with Gasteiger partial charge in [0.05, 0.1) is 4.91 Å². The lowest BCUT2D eigenvalue weighted by molar-refractivity contribution is -0.115. The molecule has 2 aromatic rings. The molecule has 4 nitrogen and oxygen atoms in total. The quantitative estimate of drug-likeness (QED) is 0.452. The summed E-state index contributed by atoms with van der Waals surface area (Å²) < 4.78 is 0. The lowest BCUT2D eigenvalue weighted by Gasteiger charge is -2.37. The van der Waals surface area contributed by atoms with Crippen molar-refractivity contribution in [3.8, 4) is 11.1 Å². The van der Waals surface area contributed by atoms with Gasteiger partial charge >= 0.3 is 0 Å². The molecule has 2 amide bonds. The molecule has 1 aliphatic heterocycles. The first-order chi connectivity index (χ1) is 14.9. The second kappa shape index (κ2) is 7.66. The van der Waals surface area contributed by atoms with Crippen molar-refractivity contribution in [3.05, 3.63) is 69.6 Å². The van der Waals surface area contributed by atoms with Gasteiger partial charge in [-0.1, -0.05) is 52.0 Å². The van der Waals surface area contributed by atoms with Crippen LogP contribution in [0.1, 0.15) is 49.9 Å². The van der Waals surface area contributed by atoms with Gasteiger partial charge in [0, 0.05) is 36.2 Å². The molecule has 0 saturated carbocycles. The number of anilines is 1. The van der Waals surface area contributed by atoms with Crippen molar-refractivity contribution >= 4 is 34.7 Å². The fourth-order valence-corrected chi connectivity index (χ4v) is 5.16. The molecular weight excluding hydrogens is 416 g/mol. The Bertz CT molecular complexity index is 1200. The molecule has 0 spiro atoms. The van der Waals surface area contributed by atoms with Crippen LogP contribution in [-0.4, -0.2) is 25.2 Å². The molecule has 32 heavy (non-hydrogen) atoms. The lowest BCUT2D eigenvalue weighted by atomic mass is 9.67. The van der Waals surface area contributed by atoms with Crippen LogP contribution in [0.5, 0.6) is 0 Å².